The second kappa shape index (κ2) is 8.10. The highest BCUT2D eigenvalue weighted by Gasteiger charge is 2.50. The maximum atomic E-state index is 12.5. The molecule has 1 aliphatic heterocycles. The van der Waals surface area contributed by atoms with E-state index >= 15 is 0 Å². The number of nitrogens with zero attached hydrogens (tertiary/aromatic N) is 2. The standard InChI is InChI=1S/C20H22N2O4/c1-25-19(23)16-13-22(12-14-7-4-3-5-8-14)18(17(16)20(24)26-2)15-9-6-10-21-11-15/h3-11,16-18H,12-13H2,1-2H3/t16-,17+,18+/m0/s1. The molecule has 3 rings (SSSR count). The summed E-state index contributed by atoms with van der Waals surface area (Å²) in [5.74, 6) is -2.03. The third-order valence-corrected chi connectivity index (χ3v) is 4.83. The van der Waals surface area contributed by atoms with Crippen molar-refractivity contribution in [1.82, 2.24) is 9.88 Å². The molecule has 2 aromatic rings. The molecule has 1 saturated heterocycles. The number of likely N-dealkylation sites (tertiary alicyclic amines) is 1. The van der Waals surface area contributed by atoms with Gasteiger partial charge in [0.1, 0.15) is 0 Å². The largest absolute Gasteiger partial charge is 0.469 e. The van der Waals surface area contributed by atoms with Gasteiger partial charge in [-0.2, -0.15) is 0 Å². The maximum Gasteiger partial charge on any atom is 0.311 e. The van der Waals surface area contributed by atoms with Gasteiger partial charge < -0.3 is 9.47 Å². The monoisotopic (exact) mass is 354 g/mol. The Kier molecular flexibility index (Phi) is 5.63. The van der Waals surface area contributed by atoms with Crippen LogP contribution in [-0.2, 0) is 25.6 Å². The summed E-state index contributed by atoms with van der Waals surface area (Å²) in [4.78, 5) is 31.2. The SMILES string of the molecule is COC(=O)[C@@H]1[C@@H](C(=O)OC)CN(Cc2ccccc2)[C@@H]1c1cccnc1. The lowest BCUT2D eigenvalue weighted by atomic mass is 9.87. The fourth-order valence-electron chi connectivity index (χ4n) is 3.68. The Bertz CT molecular complexity index is 751. The zero-order chi connectivity index (χ0) is 18.5. The molecule has 6 heteroatoms. The Morgan fingerprint density at radius 2 is 1.81 bits per heavy atom. The highest BCUT2D eigenvalue weighted by molar-refractivity contribution is 5.83. The second-order valence-electron chi connectivity index (χ2n) is 6.32. The minimum Gasteiger partial charge on any atom is -0.469 e. The maximum absolute atomic E-state index is 12.5. The summed E-state index contributed by atoms with van der Waals surface area (Å²) < 4.78 is 9.97. The van der Waals surface area contributed by atoms with Crippen molar-refractivity contribution in [2.75, 3.05) is 20.8 Å². The number of benzene rings is 1. The highest BCUT2D eigenvalue weighted by atomic mass is 16.5. The molecule has 0 saturated carbocycles. The highest BCUT2D eigenvalue weighted by Crippen LogP contribution is 2.42. The molecule has 2 heterocycles. The minimum atomic E-state index is -0.639. The summed E-state index contributed by atoms with van der Waals surface area (Å²) in [5.41, 5.74) is 1.99. The molecule has 26 heavy (non-hydrogen) atoms. The third kappa shape index (κ3) is 3.60. The van der Waals surface area contributed by atoms with Crippen molar-refractivity contribution in [2.45, 2.75) is 12.6 Å². The molecule has 1 aromatic heterocycles. The van der Waals surface area contributed by atoms with Gasteiger partial charge in [0.25, 0.3) is 0 Å². The smallest absolute Gasteiger partial charge is 0.311 e. The lowest BCUT2D eigenvalue weighted by Gasteiger charge is -2.27. The molecular weight excluding hydrogens is 332 g/mol. The van der Waals surface area contributed by atoms with Gasteiger partial charge in [-0.1, -0.05) is 36.4 Å². The molecule has 0 bridgehead atoms. The summed E-state index contributed by atoms with van der Waals surface area (Å²) in [5, 5.41) is 0. The quantitative estimate of drug-likeness (QED) is 0.767. The molecule has 0 amide bonds. The van der Waals surface area contributed by atoms with E-state index in [0.717, 1.165) is 11.1 Å². The van der Waals surface area contributed by atoms with E-state index < -0.39 is 23.8 Å². The van der Waals surface area contributed by atoms with Crippen LogP contribution in [0.25, 0.3) is 0 Å². The first-order valence-electron chi connectivity index (χ1n) is 8.49. The van der Waals surface area contributed by atoms with Gasteiger partial charge in [-0.3, -0.25) is 19.5 Å². The second-order valence-corrected chi connectivity index (χ2v) is 6.32. The van der Waals surface area contributed by atoms with E-state index in [0.29, 0.717) is 13.1 Å². The normalized spacial score (nSPS) is 22.8. The Balaban J connectivity index is 2.00. The minimum absolute atomic E-state index is 0.305. The summed E-state index contributed by atoms with van der Waals surface area (Å²) in [6, 6.07) is 13.4. The van der Waals surface area contributed by atoms with Crippen LogP contribution in [0, 0.1) is 11.8 Å². The molecule has 1 aromatic carbocycles. The van der Waals surface area contributed by atoms with Crippen LogP contribution in [0.2, 0.25) is 0 Å². The van der Waals surface area contributed by atoms with E-state index in [-0.39, 0.29) is 6.04 Å². The van der Waals surface area contributed by atoms with Crippen molar-refractivity contribution in [3.63, 3.8) is 0 Å². The number of carbonyl (C=O) groups is 2. The Morgan fingerprint density at radius 3 is 2.42 bits per heavy atom. The lowest BCUT2D eigenvalue weighted by Crippen LogP contribution is -2.32. The summed E-state index contributed by atoms with van der Waals surface area (Å²) in [7, 11) is 2.69. The summed E-state index contributed by atoms with van der Waals surface area (Å²) >= 11 is 0. The number of rotatable bonds is 5. The molecule has 0 unspecified atom stereocenters. The zero-order valence-electron chi connectivity index (χ0n) is 14.9. The number of esters is 2. The van der Waals surface area contributed by atoms with Crippen LogP contribution in [0.1, 0.15) is 17.2 Å². The van der Waals surface area contributed by atoms with E-state index in [4.69, 9.17) is 9.47 Å². The molecule has 0 radical (unpaired) electrons. The van der Waals surface area contributed by atoms with E-state index in [2.05, 4.69) is 9.88 Å². The van der Waals surface area contributed by atoms with Crippen LogP contribution in [0.5, 0.6) is 0 Å². The van der Waals surface area contributed by atoms with Crippen molar-refractivity contribution in [1.29, 1.82) is 0 Å². The number of carbonyl (C=O) groups excluding carboxylic acids is 2. The first-order chi connectivity index (χ1) is 12.7. The van der Waals surface area contributed by atoms with Crippen molar-refractivity contribution < 1.29 is 19.1 Å². The van der Waals surface area contributed by atoms with Gasteiger partial charge in [0.2, 0.25) is 0 Å². The number of hydrogen-bond acceptors (Lipinski definition) is 6. The molecule has 0 aliphatic carbocycles. The van der Waals surface area contributed by atoms with Crippen LogP contribution >= 0.6 is 0 Å². The predicted molar refractivity (Wildman–Crippen MR) is 94.8 cm³/mol. The van der Waals surface area contributed by atoms with Gasteiger partial charge in [0, 0.05) is 25.5 Å². The number of methoxy groups -OCH3 is 2. The van der Waals surface area contributed by atoms with Gasteiger partial charge >= 0.3 is 11.9 Å². The number of aromatic nitrogens is 1. The number of pyridine rings is 1. The summed E-state index contributed by atoms with van der Waals surface area (Å²) in [6.07, 6.45) is 3.42. The van der Waals surface area contributed by atoms with Gasteiger partial charge in [0.05, 0.1) is 32.1 Å². The number of ether oxygens (including phenoxy) is 2. The van der Waals surface area contributed by atoms with Gasteiger partial charge in [-0.25, -0.2) is 0 Å². The molecule has 0 N–H and O–H groups in total. The van der Waals surface area contributed by atoms with Crippen LogP contribution in [0.15, 0.2) is 54.9 Å². The number of hydrogen-bond donors (Lipinski definition) is 0. The molecule has 6 nitrogen and oxygen atoms in total. The zero-order valence-corrected chi connectivity index (χ0v) is 14.9. The Labute approximate surface area is 152 Å². The predicted octanol–water partition coefficient (Wildman–Crippen LogP) is 2.22. The van der Waals surface area contributed by atoms with Crippen molar-refractivity contribution in [3.8, 4) is 0 Å². The molecule has 136 valence electrons. The van der Waals surface area contributed by atoms with E-state index in [1.54, 1.807) is 12.4 Å². The molecule has 1 fully saturated rings. The molecule has 3 atom stereocenters. The fraction of sp³-hybridized carbons (Fsp3) is 0.350. The molecule has 1 aliphatic rings. The lowest BCUT2D eigenvalue weighted by molar-refractivity contribution is -0.156. The first kappa shape index (κ1) is 18.1. The summed E-state index contributed by atoms with van der Waals surface area (Å²) in [6.45, 7) is 1.03. The fourth-order valence-corrected chi connectivity index (χ4v) is 3.68. The van der Waals surface area contributed by atoms with Crippen molar-refractivity contribution in [2.24, 2.45) is 11.8 Å². The average Bonchev–Trinajstić information content (AvgIpc) is 3.07. The van der Waals surface area contributed by atoms with Crippen LogP contribution in [0.3, 0.4) is 0 Å². The van der Waals surface area contributed by atoms with E-state index in [1.807, 2.05) is 42.5 Å². The first-order valence-corrected chi connectivity index (χ1v) is 8.49. The van der Waals surface area contributed by atoms with Crippen LogP contribution < -0.4 is 0 Å². The van der Waals surface area contributed by atoms with Gasteiger partial charge in [0.15, 0.2) is 0 Å². The Morgan fingerprint density at radius 1 is 1.08 bits per heavy atom. The van der Waals surface area contributed by atoms with Crippen molar-refractivity contribution >= 4 is 11.9 Å². The van der Waals surface area contributed by atoms with E-state index in [9.17, 15) is 9.59 Å². The van der Waals surface area contributed by atoms with Crippen LogP contribution in [-0.4, -0.2) is 42.6 Å². The van der Waals surface area contributed by atoms with Gasteiger partial charge in [-0.15, -0.1) is 0 Å². The Hall–Kier alpha value is -2.73. The molecule has 0 spiro atoms. The van der Waals surface area contributed by atoms with E-state index in [1.165, 1.54) is 14.2 Å². The average molecular weight is 354 g/mol. The van der Waals surface area contributed by atoms with Crippen LogP contribution in [0.4, 0.5) is 0 Å². The molecular formula is C20H22N2O4. The van der Waals surface area contributed by atoms with Crippen molar-refractivity contribution in [3.05, 3.63) is 66.0 Å². The van der Waals surface area contributed by atoms with Gasteiger partial charge in [-0.05, 0) is 17.2 Å². The topological polar surface area (TPSA) is 68.7 Å². The third-order valence-electron chi connectivity index (χ3n) is 4.83.